The number of hydrogen-bond donors (Lipinski definition) is 0. The molecule has 1 rings (SSSR count). The first-order valence-electron chi connectivity index (χ1n) is 3.38. The van der Waals surface area contributed by atoms with Gasteiger partial charge in [-0.2, -0.15) is 0 Å². The third-order valence-corrected chi connectivity index (χ3v) is 2.53. The van der Waals surface area contributed by atoms with E-state index in [1.807, 2.05) is 28.4 Å². The average Bonchev–Trinajstić information content (AvgIpc) is 2.09. The van der Waals surface area contributed by atoms with E-state index in [-0.39, 0.29) is 0 Å². The average molecular weight is 339 g/mol. The van der Waals surface area contributed by atoms with Crippen molar-refractivity contribution in [3.05, 3.63) is 32.3 Å². The summed E-state index contributed by atoms with van der Waals surface area (Å²) in [6.07, 6.45) is 2.02. The zero-order valence-corrected chi connectivity index (χ0v) is 10.3. The van der Waals surface area contributed by atoms with E-state index in [9.17, 15) is 0 Å². The van der Waals surface area contributed by atoms with E-state index >= 15 is 0 Å². The van der Waals surface area contributed by atoms with Crippen LogP contribution in [-0.2, 0) is 0 Å². The quantitative estimate of drug-likeness (QED) is 0.744. The molecule has 0 unspecified atom stereocenters. The van der Waals surface area contributed by atoms with Gasteiger partial charge in [-0.3, -0.25) is 0 Å². The van der Waals surface area contributed by atoms with Crippen LogP contribution in [0.15, 0.2) is 26.8 Å². The summed E-state index contributed by atoms with van der Waals surface area (Å²) < 4.78 is 8.15. The van der Waals surface area contributed by atoms with Crippen molar-refractivity contribution in [2.75, 3.05) is 7.11 Å². The minimum Gasteiger partial charge on any atom is -0.497 e. The van der Waals surface area contributed by atoms with Gasteiger partial charge in [0.2, 0.25) is 0 Å². The lowest BCUT2D eigenvalue weighted by atomic mass is 10.2. The van der Waals surface area contributed by atoms with Crippen LogP contribution in [0.5, 0.6) is 5.75 Å². The number of benzene rings is 1. The lowest BCUT2D eigenvalue weighted by molar-refractivity contribution is 0.414. The Kier molecular flexibility index (Phi) is 4.08. The number of halogens is 2. The molecular weight excluding hydrogens is 331 g/mol. The smallest absolute Gasteiger partial charge is 0.119 e. The van der Waals surface area contributed by atoms with E-state index in [0.717, 1.165) is 15.8 Å². The highest BCUT2D eigenvalue weighted by atomic mass is 127. The minimum absolute atomic E-state index is 0.878. The maximum absolute atomic E-state index is 5.10. The highest BCUT2D eigenvalue weighted by Crippen LogP contribution is 2.23. The molecular formula is C9H8BrIO. The number of hydrogen-bond acceptors (Lipinski definition) is 1. The number of rotatable bonds is 2. The fraction of sp³-hybridized carbons (Fsp3) is 0.111. The molecule has 0 saturated carbocycles. The van der Waals surface area contributed by atoms with Crippen molar-refractivity contribution < 1.29 is 4.74 Å². The maximum atomic E-state index is 5.10. The third kappa shape index (κ3) is 2.48. The molecule has 0 heterocycles. The number of methoxy groups -OCH3 is 1. The fourth-order valence-corrected chi connectivity index (χ4v) is 1.61. The summed E-state index contributed by atoms with van der Waals surface area (Å²) in [5.41, 5.74) is 1.13. The van der Waals surface area contributed by atoms with E-state index in [1.165, 1.54) is 0 Å². The Morgan fingerprint density at radius 1 is 1.50 bits per heavy atom. The molecule has 0 aromatic heterocycles. The van der Waals surface area contributed by atoms with Crippen molar-refractivity contribution in [2.24, 2.45) is 0 Å². The highest BCUT2D eigenvalue weighted by molar-refractivity contribution is 14.1. The summed E-state index contributed by atoms with van der Waals surface area (Å²) in [5, 5.41) is 0. The Morgan fingerprint density at radius 2 is 2.25 bits per heavy atom. The first-order valence-corrected chi connectivity index (χ1v) is 5.42. The van der Waals surface area contributed by atoms with Crippen LogP contribution in [0.1, 0.15) is 5.56 Å². The van der Waals surface area contributed by atoms with Gasteiger partial charge in [0.1, 0.15) is 5.75 Å². The summed E-state index contributed by atoms with van der Waals surface area (Å²) in [6.45, 7) is 0. The lowest BCUT2D eigenvalue weighted by Gasteiger charge is -2.02. The topological polar surface area (TPSA) is 9.23 Å². The molecule has 64 valence electrons. The van der Waals surface area contributed by atoms with Crippen LogP contribution in [0.4, 0.5) is 0 Å². The van der Waals surface area contributed by atoms with Crippen molar-refractivity contribution in [3.8, 4) is 5.75 Å². The summed E-state index contributed by atoms with van der Waals surface area (Å²) in [4.78, 5) is 0. The second-order valence-electron chi connectivity index (χ2n) is 2.18. The molecule has 1 nitrogen and oxygen atoms in total. The molecule has 1 aromatic rings. The van der Waals surface area contributed by atoms with Gasteiger partial charge >= 0.3 is 0 Å². The fourth-order valence-electron chi connectivity index (χ4n) is 0.844. The standard InChI is InChI=1S/C9H8BrIO/c1-12-8-2-3-9(10)7(6-8)4-5-11/h2-6H,1H3. The maximum Gasteiger partial charge on any atom is 0.119 e. The Hall–Kier alpha value is -0.0300. The van der Waals surface area contributed by atoms with Gasteiger partial charge < -0.3 is 4.74 Å². The van der Waals surface area contributed by atoms with Gasteiger partial charge in [-0.1, -0.05) is 38.5 Å². The summed E-state index contributed by atoms with van der Waals surface area (Å²) in [7, 11) is 1.67. The number of ether oxygens (including phenoxy) is 1. The van der Waals surface area contributed by atoms with E-state index in [2.05, 4.69) is 38.5 Å². The van der Waals surface area contributed by atoms with Crippen LogP contribution in [0.25, 0.3) is 6.08 Å². The zero-order chi connectivity index (χ0) is 8.97. The van der Waals surface area contributed by atoms with Crippen LogP contribution in [0.3, 0.4) is 0 Å². The molecule has 0 fully saturated rings. The molecule has 12 heavy (non-hydrogen) atoms. The van der Waals surface area contributed by atoms with Gasteiger partial charge in [0.25, 0.3) is 0 Å². The Bertz CT molecular complexity index is 297. The highest BCUT2D eigenvalue weighted by Gasteiger charge is 1.97. The van der Waals surface area contributed by atoms with Gasteiger partial charge in [0, 0.05) is 4.47 Å². The van der Waals surface area contributed by atoms with Crippen molar-refractivity contribution in [1.82, 2.24) is 0 Å². The summed E-state index contributed by atoms with van der Waals surface area (Å²) in [5.74, 6) is 0.878. The predicted molar refractivity (Wildman–Crippen MR) is 63.7 cm³/mol. The first kappa shape index (κ1) is 10.1. The molecule has 0 amide bonds. The molecule has 0 spiro atoms. The SMILES string of the molecule is COc1ccc(Br)c(C=CI)c1. The molecule has 0 atom stereocenters. The molecule has 0 N–H and O–H groups in total. The van der Waals surface area contributed by atoms with Gasteiger partial charge in [0.05, 0.1) is 7.11 Å². The van der Waals surface area contributed by atoms with Crippen LogP contribution in [-0.4, -0.2) is 7.11 Å². The molecule has 1 aromatic carbocycles. The molecule has 0 radical (unpaired) electrons. The monoisotopic (exact) mass is 338 g/mol. The van der Waals surface area contributed by atoms with Crippen LogP contribution in [0.2, 0.25) is 0 Å². The van der Waals surface area contributed by atoms with Gasteiger partial charge in [-0.05, 0) is 33.9 Å². The van der Waals surface area contributed by atoms with Crippen LogP contribution < -0.4 is 4.74 Å². The molecule has 0 bridgehead atoms. The second kappa shape index (κ2) is 4.87. The van der Waals surface area contributed by atoms with Gasteiger partial charge in [-0.15, -0.1) is 0 Å². The minimum atomic E-state index is 0.878. The predicted octanol–water partition coefficient (Wildman–Crippen LogP) is 3.86. The van der Waals surface area contributed by atoms with E-state index < -0.39 is 0 Å². The van der Waals surface area contributed by atoms with Gasteiger partial charge in [-0.25, -0.2) is 0 Å². The Morgan fingerprint density at radius 3 is 2.83 bits per heavy atom. The van der Waals surface area contributed by atoms with Crippen molar-refractivity contribution in [3.63, 3.8) is 0 Å². The van der Waals surface area contributed by atoms with Crippen LogP contribution in [0, 0.1) is 0 Å². The van der Waals surface area contributed by atoms with Crippen molar-refractivity contribution in [2.45, 2.75) is 0 Å². The van der Waals surface area contributed by atoms with Gasteiger partial charge in [0.15, 0.2) is 0 Å². The van der Waals surface area contributed by atoms with Crippen molar-refractivity contribution in [1.29, 1.82) is 0 Å². The zero-order valence-electron chi connectivity index (χ0n) is 6.55. The Labute approximate surface area is 94.1 Å². The van der Waals surface area contributed by atoms with E-state index in [4.69, 9.17) is 4.74 Å². The molecule has 0 aliphatic rings. The molecule has 0 aliphatic carbocycles. The van der Waals surface area contributed by atoms with E-state index in [1.54, 1.807) is 7.11 Å². The van der Waals surface area contributed by atoms with Crippen molar-refractivity contribution >= 4 is 44.6 Å². The second-order valence-corrected chi connectivity index (χ2v) is 3.75. The Balaban J connectivity index is 3.08. The third-order valence-electron chi connectivity index (χ3n) is 1.45. The summed E-state index contributed by atoms with van der Waals surface area (Å²) >= 11 is 5.64. The largest absolute Gasteiger partial charge is 0.497 e. The van der Waals surface area contributed by atoms with E-state index in [0.29, 0.717) is 0 Å². The normalized spacial score (nSPS) is 10.6. The lowest BCUT2D eigenvalue weighted by Crippen LogP contribution is -1.83. The molecule has 3 heteroatoms. The molecule has 0 aliphatic heterocycles. The van der Waals surface area contributed by atoms with Crippen LogP contribution >= 0.6 is 38.5 Å². The summed E-state index contributed by atoms with van der Waals surface area (Å²) in [6, 6.07) is 5.89. The first-order chi connectivity index (χ1) is 5.77. The molecule has 0 saturated heterocycles.